The van der Waals surface area contributed by atoms with Crippen LogP contribution in [-0.4, -0.2) is 60.4 Å². The Balaban J connectivity index is 1.56. The maximum atomic E-state index is 5.39. The van der Waals surface area contributed by atoms with E-state index in [-0.39, 0.29) is 0 Å². The molecule has 106 valence electrons. The zero-order valence-electron chi connectivity index (χ0n) is 11.6. The monoisotopic (exact) mass is 264 g/mol. The molecule has 0 spiro atoms. The van der Waals surface area contributed by atoms with Crippen LogP contribution >= 0.6 is 0 Å². The third-order valence-electron chi connectivity index (χ3n) is 4.21. The minimum atomic E-state index is 0.642. The van der Waals surface area contributed by atoms with Crippen molar-refractivity contribution in [3.63, 3.8) is 0 Å². The minimum Gasteiger partial charge on any atom is -0.379 e. The summed E-state index contributed by atoms with van der Waals surface area (Å²) in [6.07, 6.45) is 7.61. The number of ether oxygens (including phenoxy) is 1. The molecule has 3 heterocycles. The SMILES string of the molecule is c1cn(C2CCNCC2)c(CCN2CCOCC2)n1. The van der Waals surface area contributed by atoms with Crippen molar-refractivity contribution in [2.75, 3.05) is 45.9 Å². The van der Waals surface area contributed by atoms with E-state index in [1.54, 1.807) is 0 Å². The van der Waals surface area contributed by atoms with Gasteiger partial charge >= 0.3 is 0 Å². The van der Waals surface area contributed by atoms with E-state index < -0.39 is 0 Å². The highest BCUT2D eigenvalue weighted by Gasteiger charge is 2.18. The summed E-state index contributed by atoms with van der Waals surface area (Å²) in [7, 11) is 0. The van der Waals surface area contributed by atoms with Gasteiger partial charge in [0, 0.05) is 44.5 Å². The van der Waals surface area contributed by atoms with E-state index in [2.05, 4.69) is 26.0 Å². The summed E-state index contributed by atoms with van der Waals surface area (Å²) in [5.41, 5.74) is 0. The molecular weight excluding hydrogens is 240 g/mol. The highest BCUT2D eigenvalue weighted by Crippen LogP contribution is 2.20. The molecule has 0 radical (unpaired) electrons. The van der Waals surface area contributed by atoms with E-state index in [1.807, 2.05) is 6.20 Å². The van der Waals surface area contributed by atoms with Crippen LogP contribution in [0.1, 0.15) is 24.7 Å². The fourth-order valence-electron chi connectivity index (χ4n) is 3.04. The van der Waals surface area contributed by atoms with Crippen molar-refractivity contribution >= 4 is 0 Å². The van der Waals surface area contributed by atoms with E-state index in [9.17, 15) is 0 Å². The predicted molar refractivity (Wildman–Crippen MR) is 74.3 cm³/mol. The van der Waals surface area contributed by atoms with E-state index in [1.165, 1.54) is 18.7 Å². The summed E-state index contributed by atoms with van der Waals surface area (Å²) >= 11 is 0. The summed E-state index contributed by atoms with van der Waals surface area (Å²) in [6, 6.07) is 0.642. The third-order valence-corrected chi connectivity index (χ3v) is 4.21. The van der Waals surface area contributed by atoms with Gasteiger partial charge in [-0.25, -0.2) is 4.98 Å². The first-order valence-corrected chi connectivity index (χ1v) is 7.46. The Morgan fingerprint density at radius 2 is 2.05 bits per heavy atom. The number of imidazole rings is 1. The molecule has 0 amide bonds. The molecule has 2 fully saturated rings. The smallest absolute Gasteiger partial charge is 0.110 e. The quantitative estimate of drug-likeness (QED) is 0.868. The first-order valence-electron chi connectivity index (χ1n) is 7.46. The summed E-state index contributed by atoms with van der Waals surface area (Å²) in [5, 5.41) is 3.42. The van der Waals surface area contributed by atoms with Gasteiger partial charge in [-0.15, -0.1) is 0 Å². The molecule has 19 heavy (non-hydrogen) atoms. The summed E-state index contributed by atoms with van der Waals surface area (Å²) in [4.78, 5) is 7.04. The molecule has 1 aromatic heterocycles. The van der Waals surface area contributed by atoms with Gasteiger partial charge in [0.25, 0.3) is 0 Å². The van der Waals surface area contributed by atoms with Crippen LogP contribution in [0.4, 0.5) is 0 Å². The standard InChI is InChI=1S/C14H24N4O/c1-4-15-5-2-13(1)18-8-6-16-14(18)3-7-17-9-11-19-12-10-17/h6,8,13,15H,1-5,7,9-12H2. The van der Waals surface area contributed by atoms with Crippen LogP contribution in [0.15, 0.2) is 12.4 Å². The van der Waals surface area contributed by atoms with Crippen molar-refractivity contribution in [1.29, 1.82) is 0 Å². The number of morpholine rings is 1. The minimum absolute atomic E-state index is 0.642. The summed E-state index contributed by atoms with van der Waals surface area (Å²) in [5.74, 6) is 1.25. The molecular formula is C14H24N4O. The van der Waals surface area contributed by atoms with Gasteiger partial charge in [-0.05, 0) is 25.9 Å². The lowest BCUT2D eigenvalue weighted by Gasteiger charge is -2.28. The van der Waals surface area contributed by atoms with Crippen LogP contribution in [0.25, 0.3) is 0 Å². The van der Waals surface area contributed by atoms with Gasteiger partial charge in [0.15, 0.2) is 0 Å². The molecule has 1 N–H and O–H groups in total. The fourth-order valence-corrected chi connectivity index (χ4v) is 3.04. The maximum Gasteiger partial charge on any atom is 0.110 e. The van der Waals surface area contributed by atoms with Gasteiger partial charge in [0.1, 0.15) is 5.82 Å². The summed E-state index contributed by atoms with van der Waals surface area (Å²) in [6.45, 7) is 7.25. The van der Waals surface area contributed by atoms with Crippen molar-refractivity contribution in [2.24, 2.45) is 0 Å². The highest BCUT2D eigenvalue weighted by molar-refractivity contribution is 4.97. The number of hydrogen-bond donors (Lipinski definition) is 1. The topological polar surface area (TPSA) is 42.3 Å². The van der Waals surface area contributed by atoms with Crippen molar-refractivity contribution in [2.45, 2.75) is 25.3 Å². The van der Waals surface area contributed by atoms with Crippen LogP contribution < -0.4 is 5.32 Å². The molecule has 0 atom stereocenters. The molecule has 2 aliphatic heterocycles. The fraction of sp³-hybridized carbons (Fsp3) is 0.786. The third kappa shape index (κ3) is 3.35. The number of piperidine rings is 1. The van der Waals surface area contributed by atoms with Crippen molar-refractivity contribution in [3.05, 3.63) is 18.2 Å². The zero-order chi connectivity index (χ0) is 12.9. The molecule has 0 unspecified atom stereocenters. The normalized spacial score (nSPS) is 22.7. The van der Waals surface area contributed by atoms with Gasteiger partial charge in [0.2, 0.25) is 0 Å². The van der Waals surface area contributed by atoms with Gasteiger partial charge in [-0.1, -0.05) is 0 Å². The van der Waals surface area contributed by atoms with Gasteiger partial charge in [-0.3, -0.25) is 4.90 Å². The van der Waals surface area contributed by atoms with Gasteiger partial charge in [0.05, 0.1) is 13.2 Å². The number of nitrogens with zero attached hydrogens (tertiary/aromatic N) is 3. The first kappa shape index (κ1) is 13.1. The molecule has 2 saturated heterocycles. The lowest BCUT2D eigenvalue weighted by molar-refractivity contribution is 0.0381. The Kier molecular flexibility index (Phi) is 4.48. The maximum absolute atomic E-state index is 5.39. The van der Waals surface area contributed by atoms with E-state index >= 15 is 0 Å². The summed E-state index contributed by atoms with van der Waals surface area (Å²) < 4.78 is 7.79. The van der Waals surface area contributed by atoms with E-state index in [0.717, 1.165) is 52.4 Å². The zero-order valence-corrected chi connectivity index (χ0v) is 11.6. The van der Waals surface area contributed by atoms with E-state index in [4.69, 9.17) is 4.74 Å². The van der Waals surface area contributed by atoms with Crippen LogP contribution in [0, 0.1) is 0 Å². The van der Waals surface area contributed by atoms with Crippen LogP contribution in [0.5, 0.6) is 0 Å². The molecule has 0 saturated carbocycles. The van der Waals surface area contributed by atoms with Crippen molar-refractivity contribution in [3.8, 4) is 0 Å². The molecule has 3 rings (SSSR count). The Labute approximate surface area is 114 Å². The molecule has 2 aliphatic rings. The highest BCUT2D eigenvalue weighted by atomic mass is 16.5. The molecule has 0 aliphatic carbocycles. The Hall–Kier alpha value is -0.910. The predicted octanol–water partition coefficient (Wildman–Crippen LogP) is 0.682. The van der Waals surface area contributed by atoms with Crippen LogP contribution in [0.2, 0.25) is 0 Å². The number of hydrogen-bond acceptors (Lipinski definition) is 4. The Morgan fingerprint density at radius 1 is 1.26 bits per heavy atom. The number of nitrogens with one attached hydrogen (secondary N) is 1. The Bertz CT molecular complexity index is 381. The molecule has 5 nitrogen and oxygen atoms in total. The second-order valence-corrected chi connectivity index (χ2v) is 5.44. The second kappa shape index (κ2) is 6.50. The second-order valence-electron chi connectivity index (χ2n) is 5.44. The average Bonchev–Trinajstić information content (AvgIpc) is 2.95. The largest absolute Gasteiger partial charge is 0.379 e. The van der Waals surface area contributed by atoms with Crippen LogP contribution in [-0.2, 0) is 11.2 Å². The lowest BCUT2D eigenvalue weighted by Crippen LogP contribution is -2.38. The lowest BCUT2D eigenvalue weighted by atomic mass is 10.1. The number of rotatable bonds is 4. The van der Waals surface area contributed by atoms with Crippen molar-refractivity contribution in [1.82, 2.24) is 19.8 Å². The Morgan fingerprint density at radius 3 is 2.84 bits per heavy atom. The van der Waals surface area contributed by atoms with Crippen LogP contribution in [0.3, 0.4) is 0 Å². The van der Waals surface area contributed by atoms with Gasteiger partial charge in [-0.2, -0.15) is 0 Å². The molecule has 5 heteroatoms. The van der Waals surface area contributed by atoms with Gasteiger partial charge < -0.3 is 14.6 Å². The molecule has 0 aromatic carbocycles. The number of aromatic nitrogens is 2. The average molecular weight is 264 g/mol. The van der Waals surface area contributed by atoms with Crippen molar-refractivity contribution < 1.29 is 4.74 Å². The van der Waals surface area contributed by atoms with E-state index in [0.29, 0.717) is 6.04 Å². The first-order chi connectivity index (χ1) is 9.43. The molecule has 0 bridgehead atoms. The molecule has 1 aromatic rings.